The van der Waals surface area contributed by atoms with E-state index < -0.39 is 0 Å². The number of hydrogen-bond acceptors (Lipinski definition) is 7. The van der Waals surface area contributed by atoms with E-state index in [0.29, 0.717) is 12.0 Å². The van der Waals surface area contributed by atoms with Crippen LogP contribution < -0.4 is 14.4 Å². The first-order valence-corrected chi connectivity index (χ1v) is 16.5. The average Bonchev–Trinajstić information content (AvgIpc) is 3.04. The first-order chi connectivity index (χ1) is 21.8. The number of benzene rings is 2. The summed E-state index contributed by atoms with van der Waals surface area (Å²) in [6, 6.07) is 13.9. The maximum absolute atomic E-state index is 13.5. The number of anilines is 1. The number of hydrogen-bond donors (Lipinski definition) is 1. The molecule has 8 nitrogen and oxygen atoms in total. The lowest BCUT2D eigenvalue weighted by molar-refractivity contribution is -0.0629. The molecule has 1 aliphatic heterocycles. The first-order valence-electron chi connectivity index (χ1n) is 16.5. The molecule has 4 aliphatic carbocycles. The summed E-state index contributed by atoms with van der Waals surface area (Å²) in [7, 11) is 5.36. The van der Waals surface area contributed by atoms with E-state index in [2.05, 4.69) is 26.9 Å². The predicted molar refractivity (Wildman–Crippen MR) is 176 cm³/mol. The van der Waals surface area contributed by atoms with Gasteiger partial charge in [0.25, 0.3) is 5.91 Å². The minimum absolute atomic E-state index is 0.119. The van der Waals surface area contributed by atoms with E-state index in [-0.39, 0.29) is 11.7 Å². The van der Waals surface area contributed by atoms with Gasteiger partial charge in [0.15, 0.2) is 0 Å². The molecular weight excluding hydrogens is 564 g/mol. The lowest BCUT2D eigenvalue weighted by Gasteiger charge is -2.57. The Morgan fingerprint density at radius 2 is 1.49 bits per heavy atom. The van der Waals surface area contributed by atoms with Crippen molar-refractivity contribution >= 4 is 11.6 Å². The molecule has 0 spiro atoms. The van der Waals surface area contributed by atoms with E-state index in [1.165, 1.54) is 44.7 Å². The molecule has 3 aromatic rings. The fraction of sp³-hybridized carbons (Fsp3) is 0.514. The van der Waals surface area contributed by atoms with E-state index >= 15 is 0 Å². The van der Waals surface area contributed by atoms with Crippen molar-refractivity contribution < 1.29 is 19.4 Å². The van der Waals surface area contributed by atoms with E-state index in [0.717, 1.165) is 89.9 Å². The maximum atomic E-state index is 13.5. The molecule has 1 N–H and O–H groups in total. The molecule has 8 heteroatoms. The largest absolute Gasteiger partial charge is 0.506 e. The summed E-state index contributed by atoms with van der Waals surface area (Å²) in [5, 5.41) is 9.90. The third-order valence-electron chi connectivity index (χ3n) is 11.0. The number of rotatable bonds is 9. The minimum atomic E-state index is 0.119. The standard InChI is InChI=1S/C37H46N4O4/c1-39(24-37-18-25-12-26(19-37)14-27(13-25)20-37)36(43)28-4-6-31(7-5-28)41-10-8-40(9-11-41)23-33-34(44-2)16-29(17-35(33)45-3)30-15-32(42)22-38-21-30/h4-7,15-17,21-22,25-27,42H,8-14,18-20,23-24H2,1-3H3. The van der Waals surface area contributed by atoms with Gasteiger partial charge in [0.05, 0.1) is 26.0 Å². The van der Waals surface area contributed by atoms with Crippen LogP contribution in [0.5, 0.6) is 17.2 Å². The van der Waals surface area contributed by atoms with Gasteiger partial charge in [-0.1, -0.05) is 0 Å². The number of methoxy groups -OCH3 is 2. The molecule has 1 aromatic heterocycles. The number of ether oxygens (including phenoxy) is 2. The highest BCUT2D eigenvalue weighted by Gasteiger charge is 2.51. The molecule has 5 fully saturated rings. The summed E-state index contributed by atoms with van der Waals surface area (Å²) in [6.45, 7) is 5.22. The highest BCUT2D eigenvalue weighted by Crippen LogP contribution is 2.60. The van der Waals surface area contributed by atoms with Gasteiger partial charge in [-0.3, -0.25) is 14.7 Å². The Balaban J connectivity index is 0.960. The van der Waals surface area contributed by atoms with Gasteiger partial charge in [-0.25, -0.2) is 0 Å². The quantitative estimate of drug-likeness (QED) is 0.315. The van der Waals surface area contributed by atoms with Gasteiger partial charge in [-0.15, -0.1) is 0 Å². The Bertz CT molecular complexity index is 1470. The summed E-state index contributed by atoms with van der Waals surface area (Å²) < 4.78 is 11.6. The van der Waals surface area contributed by atoms with E-state index in [9.17, 15) is 9.90 Å². The summed E-state index contributed by atoms with van der Waals surface area (Å²) >= 11 is 0. The van der Waals surface area contributed by atoms with Crippen LogP contribution in [0.4, 0.5) is 5.69 Å². The lowest BCUT2D eigenvalue weighted by atomic mass is 9.49. The number of nitrogens with zero attached hydrogens (tertiary/aromatic N) is 4. The second-order valence-corrected chi connectivity index (χ2v) is 14.2. The number of piperazine rings is 1. The van der Waals surface area contributed by atoms with Gasteiger partial charge in [-0.05, 0) is 110 Å². The van der Waals surface area contributed by atoms with Gasteiger partial charge in [0.1, 0.15) is 17.2 Å². The van der Waals surface area contributed by atoms with Crippen molar-refractivity contribution in [2.75, 3.05) is 58.9 Å². The normalized spacial score (nSPS) is 25.8. The Kier molecular flexibility index (Phi) is 8.11. The topological polar surface area (TPSA) is 78.4 Å². The van der Waals surface area contributed by atoms with Gasteiger partial charge in [0, 0.05) is 69.3 Å². The monoisotopic (exact) mass is 610 g/mol. The molecule has 5 aliphatic rings. The van der Waals surface area contributed by atoms with E-state index in [1.54, 1.807) is 26.5 Å². The average molecular weight is 611 g/mol. The zero-order valence-corrected chi connectivity index (χ0v) is 26.9. The molecule has 4 saturated carbocycles. The van der Waals surface area contributed by atoms with Crippen LogP contribution in [0.25, 0.3) is 11.1 Å². The van der Waals surface area contributed by atoms with Crippen molar-refractivity contribution in [2.24, 2.45) is 23.2 Å². The number of carbonyl (C=O) groups excluding carboxylic acids is 1. The third-order valence-corrected chi connectivity index (χ3v) is 11.0. The Labute approximate surface area is 267 Å². The molecule has 4 bridgehead atoms. The van der Waals surface area contributed by atoms with Crippen LogP contribution in [0, 0.1) is 23.2 Å². The zero-order chi connectivity index (χ0) is 31.1. The van der Waals surface area contributed by atoms with Crippen molar-refractivity contribution in [2.45, 2.75) is 45.1 Å². The zero-order valence-electron chi connectivity index (χ0n) is 26.9. The molecule has 2 aromatic carbocycles. The number of aromatic hydroxyl groups is 1. The van der Waals surface area contributed by atoms with Crippen LogP contribution in [0.15, 0.2) is 54.9 Å². The van der Waals surface area contributed by atoms with Gasteiger partial charge in [-0.2, -0.15) is 0 Å². The Morgan fingerprint density at radius 3 is 2.04 bits per heavy atom. The van der Waals surface area contributed by atoms with Crippen molar-refractivity contribution in [1.29, 1.82) is 0 Å². The lowest BCUT2D eigenvalue weighted by Crippen LogP contribution is -2.51. The predicted octanol–water partition coefficient (Wildman–Crippen LogP) is 6.08. The smallest absolute Gasteiger partial charge is 0.253 e. The van der Waals surface area contributed by atoms with E-state index in [4.69, 9.17) is 9.47 Å². The Morgan fingerprint density at radius 1 is 0.889 bits per heavy atom. The summed E-state index contributed by atoms with van der Waals surface area (Å²) in [6.07, 6.45) is 11.4. The highest BCUT2D eigenvalue weighted by atomic mass is 16.5. The van der Waals surface area contributed by atoms with Gasteiger partial charge in [0.2, 0.25) is 0 Å². The van der Waals surface area contributed by atoms with Crippen LogP contribution >= 0.6 is 0 Å². The maximum Gasteiger partial charge on any atom is 0.253 e. The van der Waals surface area contributed by atoms with Crippen molar-refractivity contribution in [3.8, 4) is 28.4 Å². The van der Waals surface area contributed by atoms with Crippen molar-refractivity contribution in [3.63, 3.8) is 0 Å². The van der Waals surface area contributed by atoms with Crippen LogP contribution in [0.3, 0.4) is 0 Å². The summed E-state index contributed by atoms with van der Waals surface area (Å²) in [5.41, 5.74) is 4.99. The summed E-state index contributed by atoms with van der Waals surface area (Å²) in [5.74, 6) is 4.48. The second kappa shape index (κ2) is 12.2. The van der Waals surface area contributed by atoms with Crippen molar-refractivity contribution in [3.05, 3.63) is 66.0 Å². The number of amides is 1. The van der Waals surface area contributed by atoms with Crippen LogP contribution in [0.1, 0.15) is 54.4 Å². The molecule has 0 unspecified atom stereocenters. The fourth-order valence-electron chi connectivity index (χ4n) is 9.37. The van der Waals surface area contributed by atoms with E-state index in [1.807, 2.05) is 36.2 Å². The molecule has 1 amide bonds. The highest BCUT2D eigenvalue weighted by molar-refractivity contribution is 5.94. The molecule has 1 saturated heterocycles. The summed E-state index contributed by atoms with van der Waals surface area (Å²) in [4.78, 5) is 24.4. The number of pyridine rings is 1. The Hall–Kier alpha value is -3.78. The van der Waals surface area contributed by atoms with Crippen molar-refractivity contribution in [1.82, 2.24) is 14.8 Å². The fourth-order valence-corrected chi connectivity index (χ4v) is 9.37. The molecule has 238 valence electrons. The number of aromatic nitrogens is 1. The minimum Gasteiger partial charge on any atom is -0.506 e. The second-order valence-electron chi connectivity index (χ2n) is 14.2. The van der Waals surface area contributed by atoms with Crippen LogP contribution in [0.2, 0.25) is 0 Å². The van der Waals surface area contributed by atoms with Gasteiger partial charge < -0.3 is 24.4 Å². The molecule has 0 atom stereocenters. The molecular formula is C37H46N4O4. The van der Waals surface area contributed by atoms with Crippen LogP contribution in [-0.4, -0.2) is 79.8 Å². The molecule has 0 radical (unpaired) electrons. The molecule has 8 rings (SSSR count). The third kappa shape index (κ3) is 6.09. The van der Waals surface area contributed by atoms with Crippen LogP contribution in [-0.2, 0) is 6.54 Å². The molecule has 2 heterocycles. The number of carbonyl (C=O) groups is 1. The van der Waals surface area contributed by atoms with Gasteiger partial charge >= 0.3 is 0 Å². The first kappa shape index (κ1) is 29.9. The molecule has 45 heavy (non-hydrogen) atoms. The SMILES string of the molecule is COc1cc(-c2cncc(O)c2)cc(OC)c1CN1CCN(c2ccc(C(=O)N(C)CC34CC5CC(CC(C5)C3)C4)cc2)CC1.